The molecule has 1 fully saturated rings. The third-order valence-corrected chi connectivity index (χ3v) is 3.87. The minimum absolute atomic E-state index is 0.181. The SMILES string of the molecule is C[C@@H](NC(=O)COC(=O)[C@@H]1CCC(=O)N1)c1cc2ccccc2o1. The predicted molar refractivity (Wildman–Crippen MR) is 84.9 cm³/mol. The van der Waals surface area contributed by atoms with Crippen LogP contribution in [-0.4, -0.2) is 30.4 Å². The predicted octanol–water partition coefficient (Wildman–Crippen LogP) is 1.43. The van der Waals surface area contributed by atoms with E-state index in [0.29, 0.717) is 18.6 Å². The van der Waals surface area contributed by atoms with Gasteiger partial charge >= 0.3 is 5.97 Å². The third-order valence-electron chi connectivity index (χ3n) is 3.87. The van der Waals surface area contributed by atoms with Crippen LogP contribution in [-0.2, 0) is 19.1 Å². The zero-order valence-corrected chi connectivity index (χ0v) is 13.2. The Hall–Kier alpha value is -2.83. The first-order valence-corrected chi connectivity index (χ1v) is 7.77. The zero-order valence-electron chi connectivity index (χ0n) is 13.2. The first-order chi connectivity index (χ1) is 11.5. The number of para-hydroxylation sites is 1. The maximum atomic E-state index is 11.9. The van der Waals surface area contributed by atoms with Crippen LogP contribution in [0.4, 0.5) is 0 Å². The van der Waals surface area contributed by atoms with Gasteiger partial charge in [0.15, 0.2) is 6.61 Å². The van der Waals surface area contributed by atoms with Gasteiger partial charge in [-0.2, -0.15) is 0 Å². The molecule has 0 radical (unpaired) electrons. The molecule has 2 atom stereocenters. The van der Waals surface area contributed by atoms with Gasteiger partial charge in [-0.05, 0) is 25.5 Å². The third kappa shape index (κ3) is 3.56. The molecular formula is C17H18N2O5. The number of nitrogens with one attached hydrogen (secondary N) is 2. The van der Waals surface area contributed by atoms with E-state index in [2.05, 4.69) is 10.6 Å². The van der Waals surface area contributed by atoms with Crippen LogP contribution in [0, 0.1) is 0 Å². The number of fused-ring (bicyclic) bond motifs is 1. The monoisotopic (exact) mass is 330 g/mol. The molecule has 1 saturated heterocycles. The van der Waals surface area contributed by atoms with E-state index < -0.39 is 24.5 Å². The Kier molecular flexibility index (Phi) is 4.50. The molecule has 1 aromatic heterocycles. The maximum absolute atomic E-state index is 11.9. The van der Waals surface area contributed by atoms with Crippen molar-refractivity contribution < 1.29 is 23.5 Å². The molecule has 0 bridgehead atoms. The van der Waals surface area contributed by atoms with E-state index in [9.17, 15) is 14.4 Å². The average molecular weight is 330 g/mol. The summed E-state index contributed by atoms with van der Waals surface area (Å²) in [6, 6.07) is 8.42. The fraction of sp³-hybridized carbons (Fsp3) is 0.353. The summed E-state index contributed by atoms with van der Waals surface area (Å²) in [6.45, 7) is 1.39. The van der Waals surface area contributed by atoms with Gasteiger partial charge in [-0.3, -0.25) is 9.59 Å². The Morgan fingerprint density at radius 1 is 1.42 bits per heavy atom. The summed E-state index contributed by atoms with van der Waals surface area (Å²) in [5.41, 5.74) is 0.747. The fourth-order valence-corrected chi connectivity index (χ4v) is 2.60. The molecular weight excluding hydrogens is 312 g/mol. The second-order valence-corrected chi connectivity index (χ2v) is 5.74. The molecule has 3 rings (SSSR count). The highest BCUT2D eigenvalue weighted by molar-refractivity contribution is 5.89. The van der Waals surface area contributed by atoms with Gasteiger partial charge < -0.3 is 19.8 Å². The highest BCUT2D eigenvalue weighted by atomic mass is 16.5. The van der Waals surface area contributed by atoms with Gasteiger partial charge in [-0.1, -0.05) is 18.2 Å². The fourth-order valence-electron chi connectivity index (χ4n) is 2.60. The van der Waals surface area contributed by atoms with Crippen molar-refractivity contribution in [2.24, 2.45) is 0 Å². The van der Waals surface area contributed by atoms with E-state index in [-0.39, 0.29) is 11.9 Å². The molecule has 7 heteroatoms. The van der Waals surface area contributed by atoms with Crippen LogP contribution in [0.5, 0.6) is 0 Å². The molecule has 2 aromatic rings. The highest BCUT2D eigenvalue weighted by Gasteiger charge is 2.29. The molecule has 0 unspecified atom stereocenters. The van der Waals surface area contributed by atoms with Gasteiger partial charge in [0.1, 0.15) is 17.4 Å². The molecule has 2 heterocycles. The number of ether oxygens (including phenoxy) is 1. The lowest BCUT2D eigenvalue weighted by Gasteiger charge is -2.13. The van der Waals surface area contributed by atoms with Crippen LogP contribution >= 0.6 is 0 Å². The Bertz CT molecular complexity index is 749. The zero-order chi connectivity index (χ0) is 17.1. The second-order valence-electron chi connectivity index (χ2n) is 5.74. The number of benzene rings is 1. The number of carbonyl (C=O) groups excluding carboxylic acids is 3. The van der Waals surface area contributed by atoms with Crippen LogP contribution in [0.15, 0.2) is 34.7 Å². The summed E-state index contributed by atoms with van der Waals surface area (Å²) < 4.78 is 10.6. The minimum atomic E-state index is -0.655. The van der Waals surface area contributed by atoms with E-state index in [1.54, 1.807) is 6.92 Å². The Labute approximate surface area is 138 Å². The number of carbonyl (C=O) groups is 3. The van der Waals surface area contributed by atoms with Crippen molar-refractivity contribution in [2.45, 2.75) is 31.8 Å². The number of esters is 1. The summed E-state index contributed by atoms with van der Waals surface area (Å²) in [4.78, 5) is 34.7. The molecule has 0 aliphatic carbocycles. The van der Waals surface area contributed by atoms with Crippen LogP contribution in [0.3, 0.4) is 0 Å². The van der Waals surface area contributed by atoms with Gasteiger partial charge in [0.25, 0.3) is 5.91 Å². The average Bonchev–Trinajstić information content (AvgIpc) is 3.18. The van der Waals surface area contributed by atoms with Crippen molar-refractivity contribution in [1.29, 1.82) is 0 Å². The maximum Gasteiger partial charge on any atom is 0.329 e. The molecule has 24 heavy (non-hydrogen) atoms. The topological polar surface area (TPSA) is 97.6 Å². The molecule has 1 aliphatic rings. The van der Waals surface area contributed by atoms with Crippen molar-refractivity contribution in [2.75, 3.05) is 6.61 Å². The summed E-state index contributed by atoms with van der Waals surface area (Å²) in [5.74, 6) is -0.577. The Morgan fingerprint density at radius 2 is 2.21 bits per heavy atom. The van der Waals surface area contributed by atoms with E-state index in [4.69, 9.17) is 9.15 Å². The van der Waals surface area contributed by atoms with Gasteiger partial charge in [0, 0.05) is 11.8 Å². The molecule has 1 aromatic carbocycles. The number of furan rings is 1. The largest absolute Gasteiger partial charge is 0.459 e. The Morgan fingerprint density at radius 3 is 2.92 bits per heavy atom. The van der Waals surface area contributed by atoms with Gasteiger partial charge in [0.05, 0.1) is 6.04 Å². The quantitative estimate of drug-likeness (QED) is 0.808. The molecule has 2 amide bonds. The van der Waals surface area contributed by atoms with E-state index in [1.807, 2.05) is 30.3 Å². The summed E-state index contributed by atoms with van der Waals surface area (Å²) >= 11 is 0. The molecule has 7 nitrogen and oxygen atoms in total. The lowest BCUT2D eigenvalue weighted by Crippen LogP contribution is -2.37. The normalized spacial score (nSPS) is 18.2. The number of hydrogen-bond donors (Lipinski definition) is 2. The van der Waals surface area contributed by atoms with Crippen LogP contribution in [0.1, 0.15) is 31.6 Å². The van der Waals surface area contributed by atoms with Crippen molar-refractivity contribution in [1.82, 2.24) is 10.6 Å². The number of amides is 2. The first kappa shape index (κ1) is 16.0. The van der Waals surface area contributed by atoms with Gasteiger partial charge in [-0.15, -0.1) is 0 Å². The summed E-state index contributed by atoms with van der Waals surface area (Å²) in [6.07, 6.45) is 0.698. The minimum Gasteiger partial charge on any atom is -0.459 e. The van der Waals surface area contributed by atoms with Gasteiger partial charge in [0.2, 0.25) is 5.91 Å². The van der Waals surface area contributed by atoms with Crippen molar-refractivity contribution in [3.63, 3.8) is 0 Å². The molecule has 126 valence electrons. The molecule has 0 saturated carbocycles. The Balaban J connectivity index is 1.50. The summed E-state index contributed by atoms with van der Waals surface area (Å²) in [7, 11) is 0. The second kappa shape index (κ2) is 6.74. The molecule has 0 spiro atoms. The van der Waals surface area contributed by atoms with Crippen LogP contribution in [0.25, 0.3) is 11.0 Å². The summed E-state index contributed by atoms with van der Waals surface area (Å²) in [5, 5.41) is 6.17. The molecule has 2 N–H and O–H groups in total. The van der Waals surface area contributed by atoms with Crippen LogP contribution in [0.2, 0.25) is 0 Å². The smallest absolute Gasteiger partial charge is 0.329 e. The van der Waals surface area contributed by atoms with Gasteiger partial charge in [-0.25, -0.2) is 4.79 Å². The van der Waals surface area contributed by atoms with Crippen LogP contribution < -0.4 is 10.6 Å². The van der Waals surface area contributed by atoms with E-state index >= 15 is 0 Å². The number of hydrogen-bond acceptors (Lipinski definition) is 5. The lowest BCUT2D eigenvalue weighted by molar-refractivity contribution is -0.150. The van der Waals surface area contributed by atoms with E-state index in [1.165, 1.54) is 0 Å². The number of rotatable bonds is 5. The first-order valence-electron chi connectivity index (χ1n) is 7.77. The van der Waals surface area contributed by atoms with Crippen molar-refractivity contribution in [3.8, 4) is 0 Å². The molecule has 1 aliphatic heterocycles. The van der Waals surface area contributed by atoms with Crippen molar-refractivity contribution in [3.05, 3.63) is 36.1 Å². The van der Waals surface area contributed by atoms with E-state index in [0.717, 1.165) is 11.0 Å². The lowest BCUT2D eigenvalue weighted by atomic mass is 10.2. The standard InChI is InChI=1S/C17H18N2O5/c1-10(14-8-11-4-2-3-5-13(11)24-14)18-16(21)9-23-17(22)12-6-7-15(20)19-12/h2-5,8,10,12H,6-7,9H2,1H3,(H,18,21)(H,19,20)/t10-,12+/m1/s1. The van der Waals surface area contributed by atoms with Crippen molar-refractivity contribution >= 4 is 28.8 Å². The highest BCUT2D eigenvalue weighted by Crippen LogP contribution is 2.23.